The largest absolute Gasteiger partial charge is 0.347 e. The van der Waals surface area contributed by atoms with E-state index in [2.05, 4.69) is 25.7 Å². The molecule has 7 heteroatoms. The van der Waals surface area contributed by atoms with Gasteiger partial charge in [-0.3, -0.25) is 15.6 Å². The molecule has 1 atom stereocenters. The number of nitrogens with zero attached hydrogens (tertiary/aromatic N) is 2. The van der Waals surface area contributed by atoms with E-state index in [0.29, 0.717) is 17.2 Å². The zero-order valence-electron chi connectivity index (χ0n) is 9.84. The molecule has 0 aliphatic carbocycles. The van der Waals surface area contributed by atoms with Gasteiger partial charge >= 0.3 is 0 Å². The number of aromatic amines is 1. The molecule has 0 aromatic carbocycles. The number of rotatable bonds is 4. The van der Waals surface area contributed by atoms with Crippen LogP contribution in [0.2, 0.25) is 0 Å². The van der Waals surface area contributed by atoms with Crippen LogP contribution in [0.15, 0.2) is 30.7 Å². The lowest BCUT2D eigenvalue weighted by Crippen LogP contribution is -2.28. The Bertz CT molecular complexity index is 524. The number of hydrogen-bond acceptors (Lipinski definition) is 5. The molecule has 94 valence electrons. The number of nitrogens with two attached hydrogens (primary N) is 1. The number of pyridine rings is 1. The maximum absolute atomic E-state index is 11.9. The number of amides is 1. The van der Waals surface area contributed by atoms with Crippen LogP contribution in [0.3, 0.4) is 0 Å². The molecule has 0 spiro atoms. The molecule has 2 heterocycles. The maximum Gasteiger partial charge on any atom is 0.270 e. The van der Waals surface area contributed by atoms with Gasteiger partial charge in [0.1, 0.15) is 11.5 Å². The summed E-state index contributed by atoms with van der Waals surface area (Å²) in [7, 11) is 0. The molecule has 1 unspecified atom stereocenters. The molecule has 0 aliphatic heterocycles. The summed E-state index contributed by atoms with van der Waals surface area (Å²) in [5.74, 6) is 5.68. The van der Waals surface area contributed by atoms with Crippen LogP contribution in [-0.4, -0.2) is 20.9 Å². The lowest BCUT2D eigenvalue weighted by atomic mass is 10.2. The zero-order chi connectivity index (χ0) is 13.0. The van der Waals surface area contributed by atoms with Crippen molar-refractivity contribution in [2.45, 2.75) is 13.0 Å². The fourth-order valence-electron chi connectivity index (χ4n) is 1.50. The molecule has 2 rings (SSSR count). The second kappa shape index (κ2) is 5.28. The molecular weight excluding hydrogens is 232 g/mol. The summed E-state index contributed by atoms with van der Waals surface area (Å²) in [6.45, 7) is 1.84. The number of hydrazine groups is 1. The van der Waals surface area contributed by atoms with Gasteiger partial charge in [0.15, 0.2) is 0 Å². The van der Waals surface area contributed by atoms with Crippen molar-refractivity contribution in [1.29, 1.82) is 0 Å². The summed E-state index contributed by atoms with van der Waals surface area (Å²) in [5.41, 5.74) is 3.39. The number of anilines is 1. The van der Waals surface area contributed by atoms with Gasteiger partial charge in [0.2, 0.25) is 0 Å². The molecule has 5 N–H and O–H groups in total. The highest BCUT2D eigenvalue weighted by molar-refractivity contribution is 5.93. The van der Waals surface area contributed by atoms with Gasteiger partial charge in [-0.2, -0.15) is 0 Å². The van der Waals surface area contributed by atoms with E-state index in [4.69, 9.17) is 5.84 Å². The summed E-state index contributed by atoms with van der Waals surface area (Å²) >= 11 is 0. The van der Waals surface area contributed by atoms with E-state index in [1.165, 1.54) is 6.20 Å². The van der Waals surface area contributed by atoms with E-state index in [0.717, 1.165) is 0 Å². The van der Waals surface area contributed by atoms with Crippen LogP contribution in [0, 0.1) is 0 Å². The first-order chi connectivity index (χ1) is 8.70. The van der Waals surface area contributed by atoms with Gasteiger partial charge in [0, 0.05) is 18.6 Å². The van der Waals surface area contributed by atoms with Crippen LogP contribution < -0.4 is 16.6 Å². The second-order valence-electron chi connectivity index (χ2n) is 3.74. The highest BCUT2D eigenvalue weighted by atomic mass is 16.1. The van der Waals surface area contributed by atoms with Crippen molar-refractivity contribution in [3.63, 3.8) is 0 Å². The molecule has 1 amide bonds. The minimum Gasteiger partial charge on any atom is -0.347 e. The third-order valence-electron chi connectivity index (χ3n) is 2.44. The average Bonchev–Trinajstić information content (AvgIpc) is 2.92. The summed E-state index contributed by atoms with van der Waals surface area (Å²) in [4.78, 5) is 22.9. The molecule has 18 heavy (non-hydrogen) atoms. The van der Waals surface area contributed by atoms with E-state index >= 15 is 0 Å². The Morgan fingerprint density at radius 2 is 2.28 bits per heavy atom. The standard InChI is InChI=1S/C11H14N6O/c1-7(10-14-4-5-15-10)16-11(18)9-6-8(17-12)2-3-13-9/h2-7H,12H2,1H3,(H,13,17)(H,14,15)(H,16,18). The number of nitrogens with one attached hydrogen (secondary N) is 3. The van der Waals surface area contributed by atoms with Crippen LogP contribution in [0.4, 0.5) is 5.69 Å². The number of aromatic nitrogens is 3. The van der Waals surface area contributed by atoms with Crippen molar-refractivity contribution in [3.8, 4) is 0 Å². The summed E-state index contributed by atoms with van der Waals surface area (Å²) in [6, 6.07) is 3.03. The monoisotopic (exact) mass is 246 g/mol. The molecule has 0 saturated heterocycles. The number of imidazole rings is 1. The van der Waals surface area contributed by atoms with Crippen molar-refractivity contribution in [2.24, 2.45) is 5.84 Å². The van der Waals surface area contributed by atoms with Crippen LogP contribution >= 0.6 is 0 Å². The molecule has 2 aromatic rings. The van der Waals surface area contributed by atoms with Crippen LogP contribution in [0.1, 0.15) is 29.3 Å². The highest BCUT2D eigenvalue weighted by Crippen LogP contribution is 2.09. The normalized spacial score (nSPS) is 11.9. The van der Waals surface area contributed by atoms with Crippen molar-refractivity contribution < 1.29 is 4.79 Å². The highest BCUT2D eigenvalue weighted by Gasteiger charge is 2.14. The van der Waals surface area contributed by atoms with Gasteiger partial charge in [-0.25, -0.2) is 4.98 Å². The van der Waals surface area contributed by atoms with Crippen LogP contribution in [-0.2, 0) is 0 Å². The van der Waals surface area contributed by atoms with Crippen molar-refractivity contribution in [1.82, 2.24) is 20.3 Å². The van der Waals surface area contributed by atoms with Crippen molar-refractivity contribution in [3.05, 3.63) is 42.2 Å². The van der Waals surface area contributed by atoms with E-state index in [9.17, 15) is 4.79 Å². The first-order valence-electron chi connectivity index (χ1n) is 5.43. The maximum atomic E-state index is 11.9. The molecule has 0 fully saturated rings. The van der Waals surface area contributed by atoms with Gasteiger partial charge in [-0.15, -0.1) is 0 Å². The van der Waals surface area contributed by atoms with Crippen molar-refractivity contribution in [2.75, 3.05) is 5.43 Å². The van der Waals surface area contributed by atoms with Crippen molar-refractivity contribution >= 4 is 11.6 Å². The number of H-pyrrole nitrogens is 1. The lowest BCUT2D eigenvalue weighted by molar-refractivity contribution is 0.0933. The third kappa shape index (κ3) is 2.64. The summed E-state index contributed by atoms with van der Waals surface area (Å²) < 4.78 is 0. The minimum absolute atomic E-state index is 0.219. The Balaban J connectivity index is 2.07. The number of carbonyl (C=O) groups is 1. The fraction of sp³-hybridized carbons (Fsp3) is 0.182. The van der Waals surface area contributed by atoms with Gasteiger partial charge in [-0.1, -0.05) is 0 Å². The number of hydrogen-bond donors (Lipinski definition) is 4. The Morgan fingerprint density at radius 1 is 1.44 bits per heavy atom. The van der Waals surface area contributed by atoms with E-state index < -0.39 is 0 Å². The first-order valence-corrected chi connectivity index (χ1v) is 5.43. The summed E-state index contributed by atoms with van der Waals surface area (Å²) in [5, 5.41) is 2.79. The predicted octanol–water partition coefficient (Wildman–Crippen LogP) is 0.581. The first kappa shape index (κ1) is 12.1. The molecular formula is C11H14N6O. The Hall–Kier alpha value is -2.41. The Kier molecular flexibility index (Phi) is 3.54. The molecule has 7 nitrogen and oxygen atoms in total. The number of nitrogen functional groups attached to an aromatic ring is 1. The number of carbonyl (C=O) groups excluding carboxylic acids is 1. The Labute approximate surface area is 104 Å². The molecule has 0 aliphatic rings. The van der Waals surface area contributed by atoms with E-state index in [1.807, 2.05) is 6.92 Å². The van der Waals surface area contributed by atoms with Crippen LogP contribution in [0.25, 0.3) is 0 Å². The topological polar surface area (TPSA) is 109 Å². The molecule has 0 bridgehead atoms. The quantitative estimate of drug-likeness (QED) is 0.466. The van der Waals surface area contributed by atoms with Gasteiger partial charge < -0.3 is 15.7 Å². The molecule has 2 aromatic heterocycles. The van der Waals surface area contributed by atoms with Gasteiger partial charge in [0.05, 0.1) is 11.7 Å². The smallest absolute Gasteiger partial charge is 0.270 e. The third-order valence-corrected chi connectivity index (χ3v) is 2.44. The fourth-order valence-corrected chi connectivity index (χ4v) is 1.50. The zero-order valence-corrected chi connectivity index (χ0v) is 9.84. The predicted molar refractivity (Wildman–Crippen MR) is 66.5 cm³/mol. The van der Waals surface area contributed by atoms with Gasteiger partial charge in [-0.05, 0) is 19.1 Å². The molecule has 0 saturated carbocycles. The summed E-state index contributed by atoms with van der Waals surface area (Å²) in [6.07, 6.45) is 4.85. The molecule has 0 radical (unpaired) electrons. The van der Waals surface area contributed by atoms with Gasteiger partial charge in [0.25, 0.3) is 5.91 Å². The minimum atomic E-state index is -0.281. The average molecular weight is 246 g/mol. The van der Waals surface area contributed by atoms with E-state index in [1.54, 1.807) is 24.5 Å². The SMILES string of the molecule is CC(NC(=O)c1cc(NN)ccn1)c1ncc[nH]1. The van der Waals surface area contributed by atoms with E-state index in [-0.39, 0.29) is 11.9 Å². The Morgan fingerprint density at radius 3 is 2.94 bits per heavy atom. The van der Waals surface area contributed by atoms with Crippen LogP contribution in [0.5, 0.6) is 0 Å². The second-order valence-corrected chi connectivity index (χ2v) is 3.74. The lowest BCUT2D eigenvalue weighted by Gasteiger charge is -2.11.